The third kappa shape index (κ3) is 6.82. The number of nitrogens with one attached hydrogen (secondary N) is 1. The van der Waals surface area contributed by atoms with Gasteiger partial charge in [-0.2, -0.15) is 10.2 Å². The highest BCUT2D eigenvalue weighted by atomic mass is 32.2. The summed E-state index contributed by atoms with van der Waals surface area (Å²) in [5, 5.41) is 13.2. The molecule has 0 spiro atoms. The Kier molecular flexibility index (Phi) is 8.97. The number of carbonyl (C=O) groups is 1. The van der Waals surface area contributed by atoms with Crippen LogP contribution in [0.4, 0.5) is 5.82 Å². The number of ether oxygens (including phenoxy) is 1. The van der Waals surface area contributed by atoms with Gasteiger partial charge in [-0.3, -0.25) is 14.8 Å². The monoisotopic (exact) mass is 553 g/mol. The van der Waals surface area contributed by atoms with Crippen LogP contribution in [0.3, 0.4) is 0 Å². The molecule has 208 valence electrons. The van der Waals surface area contributed by atoms with Gasteiger partial charge >= 0.3 is 0 Å². The van der Waals surface area contributed by atoms with E-state index in [0.717, 1.165) is 24.2 Å². The number of benzene rings is 1. The Balaban J connectivity index is 1.60. The van der Waals surface area contributed by atoms with E-state index in [2.05, 4.69) is 22.0 Å². The lowest BCUT2D eigenvalue weighted by Gasteiger charge is -2.30. The highest BCUT2D eigenvalue weighted by molar-refractivity contribution is 7.90. The van der Waals surface area contributed by atoms with Crippen molar-refractivity contribution in [3.8, 4) is 11.4 Å². The minimum atomic E-state index is -3.19. The number of anilines is 1. The molecule has 1 N–H and O–H groups in total. The van der Waals surface area contributed by atoms with E-state index in [9.17, 15) is 13.2 Å². The molecule has 0 bridgehead atoms. The van der Waals surface area contributed by atoms with E-state index >= 15 is 0 Å². The number of methoxy groups -OCH3 is 1. The molecular weight excluding hydrogens is 518 g/mol. The molecule has 39 heavy (non-hydrogen) atoms. The van der Waals surface area contributed by atoms with E-state index in [1.807, 2.05) is 30.3 Å². The maximum atomic E-state index is 13.3. The fourth-order valence-corrected chi connectivity index (χ4v) is 6.16. The maximum Gasteiger partial charge on any atom is 0.260 e. The molecular formula is C27H35N7O4S. The van der Waals surface area contributed by atoms with Gasteiger partial charge in [0.25, 0.3) is 5.91 Å². The quantitative estimate of drug-likeness (QED) is 0.258. The highest BCUT2D eigenvalue weighted by Gasteiger charge is 2.41. The number of amides is 1. The lowest BCUT2D eigenvalue weighted by Crippen LogP contribution is -2.39. The van der Waals surface area contributed by atoms with E-state index in [1.54, 1.807) is 36.3 Å². The van der Waals surface area contributed by atoms with Gasteiger partial charge in [-0.15, -0.1) is 0 Å². The fraction of sp³-hybridized carbons (Fsp3) is 0.407. The molecule has 4 rings (SSSR count). The molecule has 1 aromatic carbocycles. The number of hydrogen-bond donors (Lipinski definition) is 1. The summed E-state index contributed by atoms with van der Waals surface area (Å²) in [4.78, 5) is 17.4. The topological polar surface area (TPSA) is 121 Å². The summed E-state index contributed by atoms with van der Waals surface area (Å²) in [5.74, 6) is 0.831. The number of aromatic nitrogens is 2. The standard InChI is InChI=1S/C27H35N7O4S/c1-5-28-18-21(19-29-32(3)6-2)27(35)30-26-17-25(31-34(26)22-7-9-23(38-4)10-8-22)20-13-15-33(16-14-20)39(36,37)24-11-12-24/h5-10,17-20,24H,2,11-16H2,1,3-4H3,(H,30,35)/b21-18-,28-5?,29-19-. The van der Waals surface area contributed by atoms with Gasteiger partial charge in [0, 0.05) is 50.7 Å². The fourth-order valence-electron chi connectivity index (χ4n) is 4.29. The second kappa shape index (κ2) is 12.4. The zero-order chi connectivity index (χ0) is 28.0. The van der Waals surface area contributed by atoms with Crippen LogP contribution >= 0.6 is 0 Å². The molecule has 2 aromatic rings. The van der Waals surface area contributed by atoms with Crippen LogP contribution in [-0.2, 0) is 14.8 Å². The van der Waals surface area contributed by atoms with E-state index in [1.165, 1.54) is 23.6 Å². The molecule has 11 nitrogen and oxygen atoms in total. The van der Waals surface area contributed by atoms with Gasteiger partial charge in [-0.05, 0) is 56.9 Å². The van der Waals surface area contributed by atoms with Crippen LogP contribution in [0.5, 0.6) is 5.75 Å². The molecule has 12 heteroatoms. The Morgan fingerprint density at radius 2 is 1.90 bits per heavy atom. The number of carbonyl (C=O) groups excluding carboxylic acids is 1. The van der Waals surface area contributed by atoms with Crippen molar-refractivity contribution in [1.82, 2.24) is 19.1 Å². The van der Waals surface area contributed by atoms with Crippen LogP contribution in [0, 0.1) is 0 Å². The van der Waals surface area contributed by atoms with Gasteiger partial charge in [0.1, 0.15) is 11.6 Å². The van der Waals surface area contributed by atoms with Gasteiger partial charge in [0.15, 0.2) is 0 Å². The predicted octanol–water partition coefficient (Wildman–Crippen LogP) is 3.53. The Labute approximate surface area is 229 Å². The molecule has 1 aliphatic heterocycles. The molecule has 0 unspecified atom stereocenters. The number of piperidine rings is 1. The molecule has 0 radical (unpaired) electrons. The third-order valence-corrected chi connectivity index (χ3v) is 9.13. The highest BCUT2D eigenvalue weighted by Crippen LogP contribution is 2.36. The molecule has 1 saturated heterocycles. The number of hydrogen-bond acceptors (Lipinski definition) is 8. The Hall–Kier alpha value is -3.77. The third-order valence-electron chi connectivity index (χ3n) is 6.73. The molecule has 1 saturated carbocycles. The first-order valence-corrected chi connectivity index (χ1v) is 14.4. The summed E-state index contributed by atoms with van der Waals surface area (Å²) >= 11 is 0. The summed E-state index contributed by atoms with van der Waals surface area (Å²) in [6.45, 7) is 6.34. The summed E-state index contributed by atoms with van der Waals surface area (Å²) in [7, 11) is 0.106. The largest absolute Gasteiger partial charge is 0.497 e. The van der Waals surface area contributed by atoms with Crippen molar-refractivity contribution in [2.75, 3.05) is 32.6 Å². The average Bonchev–Trinajstić information content (AvgIpc) is 3.74. The Morgan fingerprint density at radius 1 is 1.21 bits per heavy atom. The van der Waals surface area contributed by atoms with Crippen LogP contribution in [0.15, 0.2) is 65.0 Å². The van der Waals surface area contributed by atoms with Crippen molar-refractivity contribution in [3.05, 3.63) is 60.6 Å². The molecule has 0 atom stereocenters. The molecule has 1 amide bonds. The van der Waals surface area contributed by atoms with Crippen LogP contribution in [0.25, 0.3) is 5.69 Å². The number of hydrazone groups is 1. The maximum absolute atomic E-state index is 13.3. The number of sulfonamides is 1. The van der Waals surface area contributed by atoms with Crippen molar-refractivity contribution in [2.45, 2.75) is 43.8 Å². The Bertz CT molecular complexity index is 1370. The smallest absolute Gasteiger partial charge is 0.260 e. The van der Waals surface area contributed by atoms with Crippen molar-refractivity contribution < 1.29 is 17.9 Å². The molecule has 2 aliphatic rings. The molecule has 2 heterocycles. The normalized spacial score (nSPS) is 17.6. The van der Waals surface area contributed by atoms with Crippen LogP contribution < -0.4 is 10.1 Å². The van der Waals surface area contributed by atoms with Crippen molar-refractivity contribution >= 4 is 34.2 Å². The lowest BCUT2D eigenvalue weighted by atomic mass is 9.95. The number of nitrogens with zero attached hydrogens (tertiary/aromatic N) is 6. The SMILES string of the molecule is C=CN(C)/N=C\C(=C\N=CC)C(=O)Nc1cc(C2CCN(S(=O)(=O)C3CC3)CC2)nn1-c1ccc(OC)cc1. The zero-order valence-electron chi connectivity index (χ0n) is 22.5. The first kappa shape index (κ1) is 28.2. The summed E-state index contributed by atoms with van der Waals surface area (Å²) in [6.07, 6.45) is 8.77. The number of rotatable bonds is 11. The zero-order valence-corrected chi connectivity index (χ0v) is 23.3. The van der Waals surface area contributed by atoms with Crippen LogP contribution in [-0.4, -0.2) is 78.3 Å². The Morgan fingerprint density at radius 3 is 2.49 bits per heavy atom. The van der Waals surface area contributed by atoms with Crippen LogP contribution in [0.1, 0.15) is 44.2 Å². The molecule has 2 fully saturated rings. The first-order chi connectivity index (χ1) is 18.8. The van der Waals surface area contributed by atoms with Gasteiger partial charge in [0.05, 0.1) is 35.5 Å². The minimum absolute atomic E-state index is 0.0633. The van der Waals surface area contributed by atoms with Gasteiger partial charge in [-0.25, -0.2) is 17.4 Å². The average molecular weight is 554 g/mol. The predicted molar refractivity (Wildman–Crippen MR) is 153 cm³/mol. The summed E-state index contributed by atoms with van der Waals surface area (Å²) in [6, 6.07) is 9.21. The van der Waals surface area contributed by atoms with Crippen molar-refractivity contribution in [2.24, 2.45) is 10.1 Å². The summed E-state index contributed by atoms with van der Waals surface area (Å²) in [5.41, 5.74) is 1.77. The van der Waals surface area contributed by atoms with E-state index in [0.29, 0.717) is 37.5 Å². The number of aliphatic imine (C=N–C) groups is 1. The van der Waals surface area contributed by atoms with Crippen molar-refractivity contribution in [1.29, 1.82) is 0 Å². The van der Waals surface area contributed by atoms with Crippen molar-refractivity contribution in [3.63, 3.8) is 0 Å². The molecule has 1 aromatic heterocycles. The second-order valence-corrected chi connectivity index (χ2v) is 11.6. The van der Waals surface area contributed by atoms with Gasteiger partial charge in [0.2, 0.25) is 10.0 Å². The van der Waals surface area contributed by atoms with Gasteiger partial charge < -0.3 is 10.1 Å². The lowest BCUT2D eigenvalue weighted by molar-refractivity contribution is -0.112. The van der Waals surface area contributed by atoms with Crippen LogP contribution in [0.2, 0.25) is 0 Å². The van der Waals surface area contributed by atoms with E-state index < -0.39 is 15.9 Å². The minimum Gasteiger partial charge on any atom is -0.497 e. The van der Waals surface area contributed by atoms with Gasteiger partial charge in [-0.1, -0.05) is 6.58 Å². The summed E-state index contributed by atoms with van der Waals surface area (Å²) < 4.78 is 33.9. The van der Waals surface area contributed by atoms with E-state index in [-0.39, 0.29) is 16.7 Å². The first-order valence-electron chi connectivity index (χ1n) is 12.9. The molecule has 1 aliphatic carbocycles. The van der Waals surface area contributed by atoms with E-state index in [4.69, 9.17) is 9.84 Å². The second-order valence-electron chi connectivity index (χ2n) is 9.43.